The van der Waals surface area contributed by atoms with Gasteiger partial charge in [-0.1, -0.05) is 0 Å². The number of rotatable bonds is 3. The zero-order chi connectivity index (χ0) is 11.4. The van der Waals surface area contributed by atoms with Crippen molar-refractivity contribution < 1.29 is 5.11 Å². The molecule has 4 heteroatoms. The average Bonchev–Trinajstić information content (AvgIpc) is 2.16. The molecule has 1 unspecified atom stereocenters. The van der Waals surface area contributed by atoms with Crippen molar-refractivity contribution in [2.45, 2.75) is 13.0 Å². The van der Waals surface area contributed by atoms with Gasteiger partial charge >= 0.3 is 0 Å². The summed E-state index contributed by atoms with van der Waals surface area (Å²) in [6, 6.07) is 7.48. The Balaban J connectivity index is 2.91. The summed E-state index contributed by atoms with van der Waals surface area (Å²) < 4.78 is 0.865. The fourth-order valence-electron chi connectivity index (χ4n) is 1.38. The molecule has 0 fully saturated rings. The van der Waals surface area contributed by atoms with E-state index in [0.717, 1.165) is 10.2 Å². The fourth-order valence-corrected chi connectivity index (χ4v) is 2.06. The van der Waals surface area contributed by atoms with Gasteiger partial charge in [-0.2, -0.15) is 5.26 Å². The summed E-state index contributed by atoms with van der Waals surface area (Å²) in [6.45, 7) is 2.30. The highest BCUT2D eigenvalue weighted by molar-refractivity contribution is 9.10. The van der Waals surface area contributed by atoms with E-state index in [0.29, 0.717) is 12.1 Å². The molecule has 0 saturated carbocycles. The van der Waals surface area contributed by atoms with E-state index in [-0.39, 0.29) is 6.10 Å². The second-order valence-electron chi connectivity index (χ2n) is 3.51. The number of hydrogen-bond acceptors (Lipinski definition) is 3. The summed E-state index contributed by atoms with van der Waals surface area (Å²) in [5, 5.41) is 18.0. The molecular weight excluding hydrogens is 256 g/mol. The third-order valence-corrected chi connectivity index (χ3v) is 2.66. The van der Waals surface area contributed by atoms with Crippen LogP contribution < -0.4 is 4.90 Å². The highest BCUT2D eigenvalue weighted by Gasteiger charge is 2.08. The highest BCUT2D eigenvalue weighted by atomic mass is 79.9. The first-order valence-electron chi connectivity index (χ1n) is 4.63. The Labute approximate surface area is 98.1 Å². The molecule has 0 aromatic heterocycles. The number of benzene rings is 1. The van der Waals surface area contributed by atoms with Crippen LogP contribution >= 0.6 is 15.9 Å². The number of nitriles is 1. The Morgan fingerprint density at radius 1 is 1.60 bits per heavy atom. The van der Waals surface area contributed by atoms with E-state index in [2.05, 4.69) is 22.0 Å². The number of hydrogen-bond donors (Lipinski definition) is 1. The van der Waals surface area contributed by atoms with Crippen molar-refractivity contribution in [1.29, 1.82) is 5.26 Å². The molecule has 0 amide bonds. The number of likely N-dealkylation sites (N-methyl/N-ethyl adjacent to an activating group) is 1. The largest absolute Gasteiger partial charge is 0.392 e. The monoisotopic (exact) mass is 268 g/mol. The molecular formula is C11H13BrN2O. The third kappa shape index (κ3) is 3.22. The number of aliphatic hydroxyl groups is 1. The molecule has 1 rings (SSSR count). The van der Waals surface area contributed by atoms with Crippen LogP contribution in [0.1, 0.15) is 12.5 Å². The van der Waals surface area contributed by atoms with E-state index in [1.165, 1.54) is 0 Å². The first kappa shape index (κ1) is 12.0. The van der Waals surface area contributed by atoms with E-state index >= 15 is 0 Å². The van der Waals surface area contributed by atoms with E-state index in [1.54, 1.807) is 19.1 Å². The number of halogens is 1. The van der Waals surface area contributed by atoms with Crippen LogP contribution in [0.5, 0.6) is 0 Å². The molecule has 0 aliphatic rings. The lowest BCUT2D eigenvalue weighted by Gasteiger charge is -2.22. The Hall–Kier alpha value is -1.05. The predicted molar refractivity (Wildman–Crippen MR) is 63.8 cm³/mol. The number of aliphatic hydroxyl groups excluding tert-OH is 1. The van der Waals surface area contributed by atoms with Crippen LogP contribution in [-0.4, -0.2) is 24.8 Å². The fraction of sp³-hybridized carbons (Fsp3) is 0.364. The normalized spacial score (nSPS) is 11.9. The highest BCUT2D eigenvalue weighted by Crippen LogP contribution is 2.26. The lowest BCUT2D eigenvalue weighted by molar-refractivity contribution is 0.201. The maximum Gasteiger partial charge on any atom is 0.0992 e. The van der Waals surface area contributed by atoms with E-state index in [1.807, 2.05) is 18.0 Å². The standard InChI is InChI=1S/C11H13BrN2O/c1-8(15)7-14(2)11-4-3-9(6-13)5-10(11)12/h3-5,8,15H,7H2,1-2H3. The zero-order valence-corrected chi connectivity index (χ0v) is 10.3. The molecule has 0 bridgehead atoms. The van der Waals surface area contributed by atoms with Crippen LogP contribution in [0.15, 0.2) is 22.7 Å². The van der Waals surface area contributed by atoms with Crippen molar-refractivity contribution in [1.82, 2.24) is 0 Å². The first-order chi connectivity index (χ1) is 7.04. The molecule has 0 aliphatic heterocycles. The Morgan fingerprint density at radius 3 is 2.73 bits per heavy atom. The molecule has 1 N–H and O–H groups in total. The molecule has 3 nitrogen and oxygen atoms in total. The molecule has 80 valence electrons. The number of anilines is 1. The van der Waals surface area contributed by atoms with Crippen LogP contribution in [0, 0.1) is 11.3 Å². The second kappa shape index (κ2) is 5.15. The quantitative estimate of drug-likeness (QED) is 0.914. The molecule has 1 aromatic rings. The summed E-state index contributed by atoms with van der Waals surface area (Å²) >= 11 is 3.40. The van der Waals surface area contributed by atoms with Gasteiger partial charge in [0, 0.05) is 18.1 Å². The summed E-state index contributed by atoms with van der Waals surface area (Å²) in [5.41, 5.74) is 1.59. The van der Waals surface area contributed by atoms with E-state index in [9.17, 15) is 5.11 Å². The molecule has 0 spiro atoms. The second-order valence-corrected chi connectivity index (χ2v) is 4.36. The Kier molecular flexibility index (Phi) is 4.13. The summed E-state index contributed by atoms with van der Waals surface area (Å²) in [6.07, 6.45) is -0.377. The molecule has 0 saturated heterocycles. The van der Waals surface area contributed by atoms with Crippen molar-refractivity contribution in [2.24, 2.45) is 0 Å². The van der Waals surface area contributed by atoms with Crippen molar-refractivity contribution in [2.75, 3.05) is 18.5 Å². The lowest BCUT2D eigenvalue weighted by Crippen LogP contribution is -2.27. The molecule has 0 radical (unpaired) electrons. The molecule has 0 heterocycles. The van der Waals surface area contributed by atoms with Crippen LogP contribution in [0.25, 0.3) is 0 Å². The zero-order valence-electron chi connectivity index (χ0n) is 8.74. The SMILES string of the molecule is CC(O)CN(C)c1ccc(C#N)cc1Br. The van der Waals surface area contributed by atoms with Crippen LogP contribution in [0.4, 0.5) is 5.69 Å². The molecule has 1 aromatic carbocycles. The topological polar surface area (TPSA) is 47.3 Å². The van der Waals surface area contributed by atoms with Crippen molar-refractivity contribution in [3.63, 3.8) is 0 Å². The average molecular weight is 269 g/mol. The van der Waals surface area contributed by atoms with Gasteiger partial charge in [0.2, 0.25) is 0 Å². The lowest BCUT2D eigenvalue weighted by atomic mass is 10.2. The Bertz CT molecular complexity index is 385. The van der Waals surface area contributed by atoms with Gasteiger partial charge in [-0.15, -0.1) is 0 Å². The minimum Gasteiger partial charge on any atom is -0.392 e. The van der Waals surface area contributed by atoms with Gasteiger partial charge in [-0.05, 0) is 41.1 Å². The van der Waals surface area contributed by atoms with Gasteiger partial charge in [0.05, 0.1) is 23.4 Å². The smallest absolute Gasteiger partial charge is 0.0992 e. The van der Waals surface area contributed by atoms with Crippen LogP contribution in [-0.2, 0) is 0 Å². The minimum absolute atomic E-state index is 0.377. The molecule has 15 heavy (non-hydrogen) atoms. The molecule has 0 aliphatic carbocycles. The molecule has 1 atom stereocenters. The van der Waals surface area contributed by atoms with Crippen molar-refractivity contribution in [3.8, 4) is 6.07 Å². The number of nitrogens with zero attached hydrogens (tertiary/aromatic N) is 2. The van der Waals surface area contributed by atoms with E-state index in [4.69, 9.17) is 5.26 Å². The maximum absolute atomic E-state index is 9.27. The van der Waals surface area contributed by atoms with Crippen LogP contribution in [0.3, 0.4) is 0 Å². The summed E-state index contributed by atoms with van der Waals surface area (Å²) in [7, 11) is 1.90. The van der Waals surface area contributed by atoms with Crippen LogP contribution in [0.2, 0.25) is 0 Å². The van der Waals surface area contributed by atoms with E-state index < -0.39 is 0 Å². The minimum atomic E-state index is -0.377. The van der Waals surface area contributed by atoms with Gasteiger partial charge in [0.1, 0.15) is 0 Å². The van der Waals surface area contributed by atoms with Gasteiger partial charge in [0.15, 0.2) is 0 Å². The van der Waals surface area contributed by atoms with Crippen molar-refractivity contribution >= 4 is 21.6 Å². The van der Waals surface area contributed by atoms with Crippen molar-refractivity contribution in [3.05, 3.63) is 28.2 Å². The summed E-state index contributed by atoms with van der Waals surface area (Å²) in [5.74, 6) is 0. The first-order valence-corrected chi connectivity index (χ1v) is 5.42. The van der Waals surface area contributed by atoms with Gasteiger partial charge in [0.25, 0.3) is 0 Å². The predicted octanol–water partition coefficient (Wildman–Crippen LogP) is 2.14. The van der Waals surface area contributed by atoms with Gasteiger partial charge in [-0.25, -0.2) is 0 Å². The van der Waals surface area contributed by atoms with Gasteiger partial charge in [-0.3, -0.25) is 0 Å². The van der Waals surface area contributed by atoms with Gasteiger partial charge < -0.3 is 10.0 Å². The maximum atomic E-state index is 9.27. The Morgan fingerprint density at radius 2 is 2.27 bits per heavy atom. The third-order valence-electron chi connectivity index (χ3n) is 2.03. The summed E-state index contributed by atoms with van der Waals surface area (Å²) in [4.78, 5) is 1.94.